The standard InChI is InChI=1S/C14H16F2N4OS/c1-19(9-12(15)16)14(21)18-13-11(22-2)8-17-20(13)10-6-4-3-5-7-10/h3-8,12H,9H2,1-2H3,(H,18,21). The summed E-state index contributed by atoms with van der Waals surface area (Å²) in [6, 6.07) is 8.66. The molecular formula is C14H16F2N4OS. The van der Waals surface area contributed by atoms with E-state index in [2.05, 4.69) is 10.4 Å². The van der Waals surface area contributed by atoms with Crippen LogP contribution in [0.3, 0.4) is 0 Å². The number of urea groups is 1. The van der Waals surface area contributed by atoms with Gasteiger partial charge in [-0.3, -0.25) is 5.32 Å². The number of thioether (sulfide) groups is 1. The van der Waals surface area contributed by atoms with Crippen LogP contribution < -0.4 is 5.32 Å². The molecule has 0 atom stereocenters. The molecule has 0 saturated carbocycles. The number of nitrogens with one attached hydrogen (secondary N) is 1. The minimum absolute atomic E-state index is 0.463. The number of rotatable bonds is 5. The van der Waals surface area contributed by atoms with Gasteiger partial charge in [0, 0.05) is 7.05 Å². The predicted octanol–water partition coefficient (Wildman–Crippen LogP) is 3.32. The molecule has 22 heavy (non-hydrogen) atoms. The van der Waals surface area contributed by atoms with Crippen molar-refractivity contribution in [1.82, 2.24) is 14.7 Å². The third kappa shape index (κ3) is 3.76. The number of anilines is 1. The minimum Gasteiger partial charge on any atom is -0.322 e. The Morgan fingerprint density at radius 3 is 2.68 bits per heavy atom. The molecule has 0 aliphatic heterocycles. The maximum Gasteiger partial charge on any atom is 0.322 e. The number of benzene rings is 1. The summed E-state index contributed by atoms with van der Waals surface area (Å²) in [6.07, 6.45) is 0.903. The van der Waals surface area contributed by atoms with E-state index in [0.717, 1.165) is 15.5 Å². The molecule has 0 bridgehead atoms. The monoisotopic (exact) mass is 326 g/mol. The summed E-state index contributed by atoms with van der Waals surface area (Å²) < 4.78 is 26.3. The summed E-state index contributed by atoms with van der Waals surface area (Å²) >= 11 is 1.41. The molecule has 0 aliphatic rings. The number of nitrogens with zero attached hydrogens (tertiary/aromatic N) is 3. The molecule has 0 radical (unpaired) electrons. The van der Waals surface area contributed by atoms with Gasteiger partial charge < -0.3 is 4.90 Å². The highest BCUT2D eigenvalue weighted by molar-refractivity contribution is 7.98. The average Bonchev–Trinajstić information content (AvgIpc) is 2.90. The van der Waals surface area contributed by atoms with Gasteiger partial charge in [-0.25, -0.2) is 18.3 Å². The lowest BCUT2D eigenvalue weighted by molar-refractivity contribution is 0.111. The fraction of sp³-hybridized carbons (Fsp3) is 0.286. The van der Waals surface area contributed by atoms with Gasteiger partial charge >= 0.3 is 6.03 Å². The van der Waals surface area contributed by atoms with Crippen LogP contribution in [-0.2, 0) is 0 Å². The Morgan fingerprint density at radius 2 is 2.09 bits per heavy atom. The Morgan fingerprint density at radius 1 is 1.41 bits per heavy atom. The molecule has 8 heteroatoms. The van der Waals surface area contributed by atoms with Gasteiger partial charge in [0.05, 0.1) is 23.3 Å². The zero-order chi connectivity index (χ0) is 16.1. The first-order chi connectivity index (χ1) is 10.5. The molecular weight excluding hydrogens is 310 g/mol. The van der Waals surface area contributed by atoms with Crippen molar-refractivity contribution in [2.45, 2.75) is 11.3 Å². The zero-order valence-corrected chi connectivity index (χ0v) is 13.0. The lowest BCUT2D eigenvalue weighted by atomic mass is 10.3. The summed E-state index contributed by atoms with van der Waals surface area (Å²) in [5.74, 6) is 0.463. The maximum atomic E-state index is 12.4. The van der Waals surface area contributed by atoms with Crippen molar-refractivity contribution < 1.29 is 13.6 Å². The number of hydrogen-bond acceptors (Lipinski definition) is 3. The average molecular weight is 326 g/mol. The maximum absolute atomic E-state index is 12.4. The molecule has 118 valence electrons. The van der Waals surface area contributed by atoms with Crippen molar-refractivity contribution in [3.8, 4) is 5.69 Å². The van der Waals surface area contributed by atoms with Crippen molar-refractivity contribution in [2.75, 3.05) is 25.2 Å². The second-order valence-corrected chi connectivity index (χ2v) is 5.36. The van der Waals surface area contributed by atoms with Gasteiger partial charge in [-0.2, -0.15) is 5.10 Å². The van der Waals surface area contributed by atoms with Gasteiger partial charge in [-0.1, -0.05) is 18.2 Å². The summed E-state index contributed by atoms with van der Waals surface area (Å²) in [4.78, 5) is 13.7. The van der Waals surface area contributed by atoms with E-state index in [0.29, 0.717) is 5.82 Å². The van der Waals surface area contributed by atoms with E-state index in [-0.39, 0.29) is 0 Å². The van der Waals surface area contributed by atoms with Gasteiger partial charge in [0.1, 0.15) is 0 Å². The molecule has 0 fully saturated rings. The van der Waals surface area contributed by atoms with Gasteiger partial charge in [-0.05, 0) is 18.4 Å². The van der Waals surface area contributed by atoms with Crippen molar-refractivity contribution >= 4 is 23.6 Å². The van der Waals surface area contributed by atoms with E-state index < -0.39 is 19.0 Å². The van der Waals surface area contributed by atoms with E-state index in [9.17, 15) is 13.6 Å². The molecule has 1 heterocycles. The number of halogens is 2. The van der Waals surface area contributed by atoms with Crippen molar-refractivity contribution in [2.24, 2.45) is 0 Å². The SMILES string of the molecule is CSc1cnn(-c2ccccc2)c1NC(=O)N(C)CC(F)F. The van der Waals surface area contributed by atoms with E-state index in [1.807, 2.05) is 36.6 Å². The van der Waals surface area contributed by atoms with E-state index in [1.54, 1.807) is 10.9 Å². The highest BCUT2D eigenvalue weighted by atomic mass is 32.2. The number of carbonyl (C=O) groups is 1. The zero-order valence-electron chi connectivity index (χ0n) is 12.2. The van der Waals surface area contributed by atoms with Crippen LogP contribution in [0.25, 0.3) is 5.69 Å². The minimum atomic E-state index is -2.57. The smallest absolute Gasteiger partial charge is 0.322 e. The molecule has 2 rings (SSSR count). The van der Waals surface area contributed by atoms with E-state index in [1.165, 1.54) is 18.8 Å². The Bertz CT molecular complexity index is 633. The number of hydrogen-bond donors (Lipinski definition) is 1. The van der Waals surface area contributed by atoms with Crippen LogP contribution in [0, 0.1) is 0 Å². The molecule has 0 spiro atoms. The number of alkyl halides is 2. The van der Waals surface area contributed by atoms with Gasteiger partial charge in [0.2, 0.25) is 0 Å². The number of aromatic nitrogens is 2. The van der Waals surface area contributed by atoms with E-state index >= 15 is 0 Å². The topological polar surface area (TPSA) is 50.2 Å². The Kier molecular flexibility index (Phi) is 5.37. The Hall–Kier alpha value is -2.09. The number of amides is 2. The third-order valence-corrected chi connectivity index (χ3v) is 3.68. The lowest BCUT2D eigenvalue weighted by Crippen LogP contribution is -2.35. The fourth-order valence-electron chi connectivity index (χ4n) is 1.85. The molecule has 0 unspecified atom stereocenters. The Balaban J connectivity index is 2.26. The third-order valence-electron chi connectivity index (χ3n) is 2.94. The quantitative estimate of drug-likeness (QED) is 0.858. The molecule has 0 aliphatic carbocycles. The highest BCUT2D eigenvalue weighted by Crippen LogP contribution is 2.27. The molecule has 0 saturated heterocycles. The van der Waals surface area contributed by atoms with Crippen LogP contribution in [0.4, 0.5) is 19.4 Å². The normalized spacial score (nSPS) is 10.8. The van der Waals surface area contributed by atoms with Crippen LogP contribution >= 0.6 is 11.8 Å². The number of para-hydroxylation sites is 1. The van der Waals surface area contributed by atoms with Crippen molar-refractivity contribution in [3.05, 3.63) is 36.5 Å². The summed E-state index contributed by atoms with van der Waals surface area (Å²) in [6.45, 7) is -0.625. The lowest BCUT2D eigenvalue weighted by Gasteiger charge is -2.18. The first kappa shape index (κ1) is 16.3. The van der Waals surface area contributed by atoms with Crippen LogP contribution in [0.15, 0.2) is 41.4 Å². The summed E-state index contributed by atoms with van der Waals surface area (Å²) in [7, 11) is 1.32. The molecule has 5 nitrogen and oxygen atoms in total. The van der Waals surface area contributed by atoms with E-state index in [4.69, 9.17) is 0 Å². The van der Waals surface area contributed by atoms with Crippen molar-refractivity contribution in [3.63, 3.8) is 0 Å². The first-order valence-corrected chi connectivity index (χ1v) is 7.73. The van der Waals surface area contributed by atoms with Crippen LogP contribution in [0.5, 0.6) is 0 Å². The molecule has 2 aromatic rings. The largest absolute Gasteiger partial charge is 0.322 e. The second-order valence-electron chi connectivity index (χ2n) is 4.51. The predicted molar refractivity (Wildman–Crippen MR) is 83.0 cm³/mol. The molecule has 1 N–H and O–H groups in total. The second kappa shape index (κ2) is 7.26. The fourth-order valence-corrected chi connectivity index (χ4v) is 2.33. The summed E-state index contributed by atoms with van der Waals surface area (Å²) in [5.41, 5.74) is 0.773. The molecule has 1 aromatic heterocycles. The van der Waals surface area contributed by atoms with Gasteiger partial charge in [0.25, 0.3) is 6.43 Å². The number of carbonyl (C=O) groups excluding carboxylic acids is 1. The first-order valence-electron chi connectivity index (χ1n) is 6.50. The van der Waals surface area contributed by atoms with Gasteiger partial charge in [0.15, 0.2) is 5.82 Å². The molecule has 1 aromatic carbocycles. The Labute approximate surface area is 131 Å². The molecule has 2 amide bonds. The van der Waals surface area contributed by atoms with Crippen LogP contribution in [0.1, 0.15) is 0 Å². The van der Waals surface area contributed by atoms with Gasteiger partial charge in [-0.15, -0.1) is 11.8 Å². The van der Waals surface area contributed by atoms with Crippen LogP contribution in [-0.4, -0.2) is 47.0 Å². The van der Waals surface area contributed by atoms with Crippen LogP contribution in [0.2, 0.25) is 0 Å². The van der Waals surface area contributed by atoms with Crippen molar-refractivity contribution in [1.29, 1.82) is 0 Å². The highest BCUT2D eigenvalue weighted by Gasteiger charge is 2.18. The summed E-state index contributed by atoms with van der Waals surface area (Å²) in [5, 5.41) is 6.89.